The number of hydrogen-bond donors (Lipinski definition) is 1. The fourth-order valence-corrected chi connectivity index (χ4v) is 3.85. The van der Waals surface area contributed by atoms with E-state index in [1.54, 1.807) is 6.07 Å². The fraction of sp³-hybridized carbons (Fsp3) is 0.238. The van der Waals surface area contributed by atoms with E-state index < -0.39 is 5.69 Å². The Morgan fingerprint density at radius 3 is 2.11 bits per heavy atom. The lowest BCUT2D eigenvalue weighted by atomic mass is 10.2. The molecule has 1 aliphatic heterocycles. The molecule has 7 heteroatoms. The number of piperazine rings is 1. The molecule has 4 rings (SSSR count). The molecule has 1 aromatic heterocycles. The zero-order chi connectivity index (χ0) is 19.7. The summed E-state index contributed by atoms with van der Waals surface area (Å²) in [7, 11) is 0. The van der Waals surface area contributed by atoms with Crippen LogP contribution in [-0.2, 0) is 0 Å². The number of hydrogen-bond acceptors (Lipinski definition) is 4. The quantitative estimate of drug-likeness (QED) is 0.739. The van der Waals surface area contributed by atoms with Gasteiger partial charge in [0.25, 0.3) is 5.56 Å². The van der Waals surface area contributed by atoms with Crippen molar-refractivity contribution in [3.05, 3.63) is 86.0 Å². The van der Waals surface area contributed by atoms with E-state index in [1.165, 1.54) is 10.6 Å². The van der Waals surface area contributed by atoms with E-state index in [1.807, 2.05) is 54.3 Å². The minimum atomic E-state index is -0.426. The van der Waals surface area contributed by atoms with Crippen LogP contribution < -0.4 is 21.0 Å². The number of halogens is 1. The summed E-state index contributed by atoms with van der Waals surface area (Å²) in [6.45, 7) is 4.77. The molecule has 1 fully saturated rings. The Labute approximate surface area is 167 Å². The normalized spacial score (nSPS) is 14.4. The largest absolute Gasteiger partial charge is 0.367 e. The number of aromatic nitrogens is 2. The van der Waals surface area contributed by atoms with E-state index in [4.69, 9.17) is 11.6 Å². The van der Waals surface area contributed by atoms with Gasteiger partial charge in [-0.2, -0.15) is 0 Å². The maximum Gasteiger partial charge on any atom is 0.334 e. The molecular formula is C21H21ClN4O2. The topological polar surface area (TPSA) is 61.3 Å². The number of benzene rings is 2. The molecule has 0 radical (unpaired) electrons. The van der Waals surface area contributed by atoms with Gasteiger partial charge in [-0.05, 0) is 30.7 Å². The van der Waals surface area contributed by atoms with Crippen molar-refractivity contribution in [3.8, 4) is 5.69 Å². The molecule has 0 aliphatic carbocycles. The standard InChI is InChI=1S/C21H21ClN4O2/c1-15-6-2-4-8-17(15)26-20(27)14-19(23-21(26)28)25-12-10-24(11-13-25)18-9-5-3-7-16(18)22/h2-9,14H,10-13H2,1H3,(H,23,28). The molecule has 3 aromatic rings. The second-order valence-electron chi connectivity index (χ2n) is 6.85. The van der Waals surface area contributed by atoms with Gasteiger partial charge in [0.2, 0.25) is 0 Å². The molecule has 1 aliphatic rings. The molecule has 28 heavy (non-hydrogen) atoms. The van der Waals surface area contributed by atoms with Gasteiger partial charge < -0.3 is 9.80 Å². The van der Waals surface area contributed by atoms with Gasteiger partial charge >= 0.3 is 5.69 Å². The first-order valence-corrected chi connectivity index (χ1v) is 9.59. The van der Waals surface area contributed by atoms with E-state index in [2.05, 4.69) is 9.88 Å². The Kier molecular flexibility index (Phi) is 4.96. The van der Waals surface area contributed by atoms with Gasteiger partial charge in [-0.3, -0.25) is 9.78 Å². The summed E-state index contributed by atoms with van der Waals surface area (Å²) in [5.41, 5.74) is 1.72. The number of aryl methyl sites for hydroxylation is 1. The van der Waals surface area contributed by atoms with Crippen LogP contribution in [0.3, 0.4) is 0 Å². The van der Waals surface area contributed by atoms with Crippen molar-refractivity contribution in [1.29, 1.82) is 0 Å². The minimum absolute atomic E-state index is 0.332. The van der Waals surface area contributed by atoms with Crippen molar-refractivity contribution in [2.75, 3.05) is 36.0 Å². The molecular weight excluding hydrogens is 376 g/mol. The third-order valence-corrected chi connectivity index (χ3v) is 5.41. The lowest BCUT2D eigenvalue weighted by Gasteiger charge is -2.37. The third-order valence-electron chi connectivity index (χ3n) is 5.09. The zero-order valence-corrected chi connectivity index (χ0v) is 16.3. The molecule has 0 amide bonds. The molecule has 6 nitrogen and oxygen atoms in total. The van der Waals surface area contributed by atoms with Crippen LogP contribution in [0.4, 0.5) is 11.5 Å². The average molecular weight is 397 g/mol. The van der Waals surface area contributed by atoms with Crippen LogP contribution in [0, 0.1) is 6.92 Å². The average Bonchev–Trinajstić information content (AvgIpc) is 2.69. The second-order valence-corrected chi connectivity index (χ2v) is 7.25. The first kappa shape index (κ1) is 18.4. The van der Waals surface area contributed by atoms with Crippen molar-refractivity contribution in [1.82, 2.24) is 9.55 Å². The number of rotatable bonds is 3. The molecule has 0 saturated carbocycles. The Balaban J connectivity index is 1.57. The highest BCUT2D eigenvalue weighted by Gasteiger charge is 2.20. The molecule has 0 spiro atoms. The Bertz CT molecular complexity index is 1080. The lowest BCUT2D eigenvalue weighted by Crippen LogP contribution is -2.48. The third kappa shape index (κ3) is 3.43. The highest BCUT2D eigenvalue weighted by molar-refractivity contribution is 6.33. The summed E-state index contributed by atoms with van der Waals surface area (Å²) < 4.78 is 1.18. The number of anilines is 2. The van der Waals surface area contributed by atoms with Gasteiger partial charge in [-0.15, -0.1) is 0 Å². The fourth-order valence-electron chi connectivity index (χ4n) is 3.59. The number of aromatic amines is 1. The first-order chi connectivity index (χ1) is 13.5. The molecule has 0 atom stereocenters. The summed E-state index contributed by atoms with van der Waals surface area (Å²) >= 11 is 6.29. The number of nitrogens with one attached hydrogen (secondary N) is 1. The summed E-state index contributed by atoms with van der Waals surface area (Å²) in [6.07, 6.45) is 0. The SMILES string of the molecule is Cc1ccccc1-n1c(=O)cc(N2CCN(c3ccccc3Cl)CC2)[nH]c1=O. The predicted molar refractivity (Wildman–Crippen MR) is 113 cm³/mol. The van der Waals surface area contributed by atoms with Gasteiger partial charge in [-0.25, -0.2) is 9.36 Å². The zero-order valence-electron chi connectivity index (χ0n) is 15.6. The molecule has 2 aromatic carbocycles. The molecule has 144 valence electrons. The van der Waals surface area contributed by atoms with E-state index in [9.17, 15) is 9.59 Å². The summed E-state index contributed by atoms with van der Waals surface area (Å²) in [5.74, 6) is 0.554. The van der Waals surface area contributed by atoms with Crippen LogP contribution in [0.1, 0.15) is 5.56 Å². The maximum absolute atomic E-state index is 12.7. The second kappa shape index (κ2) is 7.56. The van der Waals surface area contributed by atoms with E-state index in [-0.39, 0.29) is 5.56 Å². The van der Waals surface area contributed by atoms with Gasteiger partial charge in [0.1, 0.15) is 5.82 Å². The van der Waals surface area contributed by atoms with Crippen molar-refractivity contribution in [3.63, 3.8) is 0 Å². The predicted octanol–water partition coefficient (Wildman–Crippen LogP) is 2.81. The van der Waals surface area contributed by atoms with Gasteiger partial charge in [0.05, 0.1) is 16.4 Å². The minimum Gasteiger partial charge on any atom is -0.367 e. The van der Waals surface area contributed by atoms with Crippen molar-refractivity contribution < 1.29 is 0 Å². The summed E-state index contributed by atoms with van der Waals surface area (Å²) in [5, 5.41) is 0.727. The van der Waals surface area contributed by atoms with Crippen LogP contribution in [-0.4, -0.2) is 35.7 Å². The molecule has 2 heterocycles. The van der Waals surface area contributed by atoms with Crippen LogP contribution in [0.15, 0.2) is 64.2 Å². The van der Waals surface area contributed by atoms with Crippen molar-refractivity contribution in [2.24, 2.45) is 0 Å². The van der Waals surface area contributed by atoms with Crippen LogP contribution in [0.5, 0.6) is 0 Å². The van der Waals surface area contributed by atoms with Gasteiger partial charge in [0.15, 0.2) is 0 Å². The molecule has 0 unspecified atom stereocenters. The van der Waals surface area contributed by atoms with E-state index in [0.717, 1.165) is 29.4 Å². The van der Waals surface area contributed by atoms with Crippen molar-refractivity contribution in [2.45, 2.75) is 6.92 Å². The number of H-pyrrole nitrogens is 1. The van der Waals surface area contributed by atoms with Crippen LogP contribution >= 0.6 is 11.6 Å². The smallest absolute Gasteiger partial charge is 0.334 e. The first-order valence-electron chi connectivity index (χ1n) is 9.21. The number of nitrogens with zero attached hydrogens (tertiary/aromatic N) is 3. The summed E-state index contributed by atoms with van der Waals surface area (Å²) in [4.78, 5) is 32.4. The van der Waals surface area contributed by atoms with Crippen molar-refractivity contribution >= 4 is 23.1 Å². The van der Waals surface area contributed by atoms with Gasteiger partial charge in [0, 0.05) is 32.2 Å². The Morgan fingerprint density at radius 1 is 0.857 bits per heavy atom. The maximum atomic E-state index is 12.7. The van der Waals surface area contributed by atoms with Gasteiger partial charge in [-0.1, -0.05) is 41.9 Å². The Hall–Kier alpha value is -2.99. The Morgan fingerprint density at radius 2 is 1.46 bits per heavy atom. The number of para-hydroxylation sites is 2. The van der Waals surface area contributed by atoms with Crippen LogP contribution in [0.2, 0.25) is 5.02 Å². The summed E-state index contributed by atoms with van der Waals surface area (Å²) in [6, 6.07) is 16.6. The molecule has 0 bridgehead atoms. The van der Waals surface area contributed by atoms with E-state index in [0.29, 0.717) is 24.6 Å². The van der Waals surface area contributed by atoms with E-state index >= 15 is 0 Å². The molecule has 1 saturated heterocycles. The van der Waals surface area contributed by atoms with Crippen LogP contribution in [0.25, 0.3) is 5.69 Å². The molecule has 1 N–H and O–H groups in total. The highest BCUT2D eigenvalue weighted by atomic mass is 35.5. The highest BCUT2D eigenvalue weighted by Crippen LogP contribution is 2.26. The lowest BCUT2D eigenvalue weighted by molar-refractivity contribution is 0.643. The monoisotopic (exact) mass is 396 g/mol.